The molecule has 0 aliphatic heterocycles. The minimum Gasteiger partial charge on any atom is -0.374 e. The third kappa shape index (κ3) is 3.08. The van der Waals surface area contributed by atoms with Crippen molar-refractivity contribution in [2.24, 2.45) is 5.73 Å². The number of nitro groups is 1. The molecule has 3 N–H and O–H groups in total. The quantitative estimate of drug-likeness (QED) is 0.635. The van der Waals surface area contributed by atoms with Crippen molar-refractivity contribution in [3.05, 3.63) is 64.0 Å². The van der Waals surface area contributed by atoms with Crippen LogP contribution in [0.15, 0.2) is 42.6 Å². The largest absolute Gasteiger partial charge is 0.374 e. The Morgan fingerprint density at radius 2 is 2.15 bits per heavy atom. The number of nitrogens with two attached hydrogens (primary N) is 1. The van der Waals surface area contributed by atoms with Gasteiger partial charge in [-0.25, -0.2) is 0 Å². The molecule has 0 radical (unpaired) electrons. The molecule has 0 fully saturated rings. The highest BCUT2D eigenvalue weighted by Gasteiger charge is 2.16. The van der Waals surface area contributed by atoms with Crippen LogP contribution in [-0.2, 0) is 6.54 Å². The highest BCUT2D eigenvalue weighted by molar-refractivity contribution is 5.94. The highest BCUT2D eigenvalue weighted by atomic mass is 16.6. The summed E-state index contributed by atoms with van der Waals surface area (Å²) in [5.41, 5.74) is 6.07. The lowest BCUT2D eigenvalue weighted by molar-refractivity contribution is -0.384. The van der Waals surface area contributed by atoms with Gasteiger partial charge in [0.05, 0.1) is 17.2 Å². The van der Waals surface area contributed by atoms with Crippen LogP contribution in [0.25, 0.3) is 0 Å². The monoisotopic (exact) mass is 272 g/mol. The van der Waals surface area contributed by atoms with Crippen molar-refractivity contribution in [1.29, 1.82) is 0 Å². The summed E-state index contributed by atoms with van der Waals surface area (Å²) >= 11 is 0. The summed E-state index contributed by atoms with van der Waals surface area (Å²) in [5, 5.41) is 13.9. The zero-order valence-corrected chi connectivity index (χ0v) is 10.4. The summed E-state index contributed by atoms with van der Waals surface area (Å²) in [6, 6.07) is 9.47. The van der Waals surface area contributed by atoms with Gasteiger partial charge in [0.1, 0.15) is 5.69 Å². The van der Waals surface area contributed by atoms with Gasteiger partial charge in [-0.15, -0.1) is 0 Å². The second kappa shape index (κ2) is 5.79. The van der Waals surface area contributed by atoms with Crippen molar-refractivity contribution >= 4 is 17.3 Å². The maximum absolute atomic E-state index is 11.0. The van der Waals surface area contributed by atoms with E-state index in [4.69, 9.17) is 5.73 Å². The number of carbonyl (C=O) groups is 1. The Bertz CT molecular complexity index is 643. The summed E-state index contributed by atoms with van der Waals surface area (Å²) in [6.07, 6.45) is 1.64. The Kier molecular flexibility index (Phi) is 3.90. The fourth-order valence-electron chi connectivity index (χ4n) is 1.67. The molecule has 1 heterocycles. The first-order chi connectivity index (χ1) is 9.58. The SMILES string of the molecule is NC(=O)c1ccc(NCc2ccccn2)c([N+](=O)[O-])c1. The normalized spacial score (nSPS) is 10.0. The molecule has 102 valence electrons. The fourth-order valence-corrected chi connectivity index (χ4v) is 1.67. The smallest absolute Gasteiger partial charge is 0.293 e. The Balaban J connectivity index is 2.23. The highest BCUT2D eigenvalue weighted by Crippen LogP contribution is 2.25. The van der Waals surface area contributed by atoms with Gasteiger partial charge in [-0.1, -0.05) is 6.07 Å². The number of nitrogens with zero attached hydrogens (tertiary/aromatic N) is 2. The van der Waals surface area contributed by atoms with Crippen LogP contribution in [-0.4, -0.2) is 15.8 Å². The number of rotatable bonds is 5. The molecule has 0 atom stereocenters. The molecule has 0 bridgehead atoms. The third-order valence-corrected chi connectivity index (χ3v) is 2.67. The topological polar surface area (TPSA) is 111 Å². The number of anilines is 1. The van der Waals surface area contributed by atoms with Crippen molar-refractivity contribution in [2.45, 2.75) is 6.54 Å². The number of aromatic nitrogens is 1. The van der Waals surface area contributed by atoms with Crippen molar-refractivity contribution in [1.82, 2.24) is 4.98 Å². The van der Waals surface area contributed by atoms with Crippen molar-refractivity contribution < 1.29 is 9.72 Å². The van der Waals surface area contributed by atoms with E-state index in [1.165, 1.54) is 12.1 Å². The maximum Gasteiger partial charge on any atom is 0.293 e. The van der Waals surface area contributed by atoms with Gasteiger partial charge in [0.15, 0.2) is 0 Å². The van der Waals surface area contributed by atoms with Gasteiger partial charge in [0.2, 0.25) is 5.91 Å². The molecule has 0 spiro atoms. The van der Waals surface area contributed by atoms with Gasteiger partial charge in [-0.3, -0.25) is 19.9 Å². The molecule has 0 aliphatic carbocycles. The Labute approximate surface area is 114 Å². The molecule has 1 aromatic heterocycles. The van der Waals surface area contributed by atoms with Gasteiger partial charge in [0, 0.05) is 17.8 Å². The molecule has 2 rings (SSSR count). The zero-order chi connectivity index (χ0) is 14.5. The van der Waals surface area contributed by atoms with Crippen LogP contribution in [0.4, 0.5) is 11.4 Å². The second-order valence-corrected chi connectivity index (χ2v) is 4.03. The van der Waals surface area contributed by atoms with E-state index in [2.05, 4.69) is 10.3 Å². The molecule has 2 aromatic rings. The second-order valence-electron chi connectivity index (χ2n) is 4.03. The molecule has 1 aromatic carbocycles. The number of amides is 1. The van der Waals surface area contributed by atoms with E-state index in [0.717, 1.165) is 11.8 Å². The van der Waals surface area contributed by atoms with Gasteiger partial charge < -0.3 is 11.1 Å². The zero-order valence-electron chi connectivity index (χ0n) is 10.4. The van der Waals surface area contributed by atoms with Crippen LogP contribution in [0.2, 0.25) is 0 Å². The molecule has 7 heteroatoms. The number of nitrogens with one attached hydrogen (secondary N) is 1. The molecule has 0 saturated carbocycles. The maximum atomic E-state index is 11.0. The van der Waals surface area contributed by atoms with Crippen molar-refractivity contribution in [3.8, 4) is 0 Å². The van der Waals surface area contributed by atoms with Crippen LogP contribution in [0.3, 0.4) is 0 Å². The van der Waals surface area contributed by atoms with E-state index in [-0.39, 0.29) is 11.3 Å². The number of benzene rings is 1. The van der Waals surface area contributed by atoms with Crippen molar-refractivity contribution in [2.75, 3.05) is 5.32 Å². The Hall–Kier alpha value is -2.96. The lowest BCUT2D eigenvalue weighted by Crippen LogP contribution is -2.12. The number of hydrogen-bond acceptors (Lipinski definition) is 5. The first kappa shape index (κ1) is 13.5. The van der Waals surface area contributed by atoms with Crippen LogP contribution >= 0.6 is 0 Å². The predicted molar refractivity (Wildman–Crippen MR) is 73.2 cm³/mol. The summed E-state index contributed by atoms with van der Waals surface area (Å²) in [7, 11) is 0. The van der Waals surface area contributed by atoms with Crippen molar-refractivity contribution in [3.63, 3.8) is 0 Å². The fraction of sp³-hybridized carbons (Fsp3) is 0.0769. The molecular formula is C13H12N4O3. The molecular weight excluding hydrogens is 260 g/mol. The summed E-state index contributed by atoms with van der Waals surface area (Å²) < 4.78 is 0. The van der Waals surface area contributed by atoms with E-state index in [1.54, 1.807) is 18.3 Å². The summed E-state index contributed by atoms with van der Waals surface area (Å²) in [4.78, 5) is 25.6. The first-order valence-corrected chi connectivity index (χ1v) is 5.80. The molecule has 1 amide bonds. The first-order valence-electron chi connectivity index (χ1n) is 5.80. The Morgan fingerprint density at radius 3 is 2.75 bits per heavy atom. The van der Waals surface area contributed by atoms with E-state index in [0.29, 0.717) is 12.2 Å². The summed E-state index contributed by atoms with van der Waals surface area (Å²) in [5.74, 6) is -0.704. The third-order valence-electron chi connectivity index (χ3n) is 2.67. The van der Waals surface area contributed by atoms with E-state index in [9.17, 15) is 14.9 Å². The average molecular weight is 272 g/mol. The van der Waals surface area contributed by atoms with Crippen LogP contribution in [0.5, 0.6) is 0 Å². The lowest BCUT2D eigenvalue weighted by atomic mass is 10.1. The minimum atomic E-state index is -0.704. The van der Waals surface area contributed by atoms with Crippen LogP contribution in [0.1, 0.15) is 16.1 Å². The van der Waals surface area contributed by atoms with Gasteiger partial charge >= 0.3 is 0 Å². The molecule has 7 nitrogen and oxygen atoms in total. The summed E-state index contributed by atoms with van der Waals surface area (Å²) in [6.45, 7) is 0.345. The molecule has 0 saturated heterocycles. The van der Waals surface area contributed by atoms with Gasteiger partial charge in [-0.2, -0.15) is 0 Å². The van der Waals surface area contributed by atoms with Crippen LogP contribution < -0.4 is 11.1 Å². The van der Waals surface area contributed by atoms with E-state index >= 15 is 0 Å². The number of carbonyl (C=O) groups excluding carboxylic acids is 1. The van der Waals surface area contributed by atoms with E-state index in [1.807, 2.05) is 6.07 Å². The standard InChI is InChI=1S/C13H12N4O3/c14-13(18)9-4-5-11(12(7-9)17(19)20)16-8-10-3-1-2-6-15-10/h1-7,16H,8H2,(H2,14,18). The average Bonchev–Trinajstić information content (AvgIpc) is 2.45. The minimum absolute atomic E-state index is 0.0973. The van der Waals surface area contributed by atoms with E-state index < -0.39 is 10.8 Å². The number of primary amides is 1. The number of nitro benzene ring substituents is 1. The number of pyridine rings is 1. The molecule has 0 aliphatic rings. The van der Waals surface area contributed by atoms with Crippen LogP contribution in [0, 0.1) is 10.1 Å². The van der Waals surface area contributed by atoms with Gasteiger partial charge in [-0.05, 0) is 24.3 Å². The molecule has 20 heavy (non-hydrogen) atoms. The number of hydrogen-bond donors (Lipinski definition) is 2. The predicted octanol–water partition coefficient (Wildman–Crippen LogP) is 1.70. The lowest BCUT2D eigenvalue weighted by Gasteiger charge is -2.07. The molecule has 0 unspecified atom stereocenters. The Morgan fingerprint density at radius 1 is 1.35 bits per heavy atom. The van der Waals surface area contributed by atoms with Gasteiger partial charge in [0.25, 0.3) is 5.69 Å².